The van der Waals surface area contributed by atoms with E-state index in [2.05, 4.69) is 0 Å². The molecule has 0 fully saturated rings. The van der Waals surface area contributed by atoms with E-state index in [1.54, 1.807) is 0 Å². The fourth-order valence-corrected chi connectivity index (χ4v) is 0.903. The maximum atomic E-state index is 13.1. The van der Waals surface area contributed by atoms with Crippen LogP contribution >= 0.6 is 0 Å². The third-order valence-electron chi connectivity index (χ3n) is 1.58. The lowest BCUT2D eigenvalue weighted by Gasteiger charge is -2.08. The van der Waals surface area contributed by atoms with Crippen molar-refractivity contribution in [3.05, 3.63) is 29.6 Å². The highest BCUT2D eigenvalue weighted by molar-refractivity contribution is 5.74. The molecule has 0 aliphatic rings. The van der Waals surface area contributed by atoms with Crippen LogP contribution in [-0.2, 0) is 0 Å². The molecule has 1 aromatic rings. The molecule has 0 N–H and O–H groups in total. The number of halogens is 1. The minimum Gasteiger partial charge on any atom is -0.473 e. The van der Waals surface area contributed by atoms with Gasteiger partial charge in [-0.15, -0.1) is 0 Å². The van der Waals surface area contributed by atoms with Crippen LogP contribution in [0.2, 0.25) is 0 Å². The summed E-state index contributed by atoms with van der Waals surface area (Å²) in [6.07, 6.45) is -0.174. The van der Waals surface area contributed by atoms with Crippen LogP contribution in [-0.4, -0.2) is 12.4 Å². The molecule has 0 spiro atoms. The van der Waals surface area contributed by atoms with Crippen LogP contribution in [0.5, 0.6) is 5.75 Å². The summed E-state index contributed by atoms with van der Waals surface area (Å²) in [6, 6.07) is 5.63. The molecule has 1 rings (SSSR count). The largest absolute Gasteiger partial charge is 0.473 e. The van der Waals surface area contributed by atoms with Crippen molar-refractivity contribution in [2.45, 2.75) is 13.0 Å². The summed E-state index contributed by atoms with van der Waals surface area (Å²) >= 11 is 0. The average Bonchev–Trinajstić information content (AvgIpc) is 2.20. The highest BCUT2D eigenvalue weighted by Gasteiger charge is 2.07. The second kappa shape index (κ2) is 4.38. The van der Waals surface area contributed by atoms with E-state index in [0.29, 0.717) is 6.29 Å². The van der Waals surface area contributed by atoms with Crippen molar-refractivity contribution >= 4 is 6.29 Å². The van der Waals surface area contributed by atoms with Gasteiger partial charge < -0.3 is 4.74 Å². The molecule has 0 heterocycles. The van der Waals surface area contributed by atoms with Gasteiger partial charge in [-0.2, -0.15) is 5.26 Å². The molecule has 0 bridgehead atoms. The molecular weight excluding hydrogens is 185 g/mol. The molecule has 0 aromatic heterocycles. The van der Waals surface area contributed by atoms with Crippen LogP contribution < -0.4 is 4.74 Å². The third-order valence-corrected chi connectivity index (χ3v) is 1.58. The summed E-state index contributed by atoms with van der Waals surface area (Å²) in [5, 5.41) is 8.43. The molecular formula is C10H8FNO2. The number of aldehydes is 1. The van der Waals surface area contributed by atoms with E-state index in [4.69, 9.17) is 10.00 Å². The molecule has 0 amide bonds. The normalized spacial score (nSPS) is 11.5. The topological polar surface area (TPSA) is 50.1 Å². The monoisotopic (exact) mass is 193 g/mol. The summed E-state index contributed by atoms with van der Waals surface area (Å²) in [4.78, 5) is 10.3. The van der Waals surface area contributed by atoms with Gasteiger partial charge in [0.05, 0.1) is 0 Å². The number of rotatable bonds is 3. The molecule has 4 heteroatoms. The number of hydrogen-bond donors (Lipinski definition) is 0. The standard InChI is InChI=1S/C10H8FNO2/c1-7(5-12)14-10-3-2-8(6-13)4-9(10)11/h2-4,6-7H,1H3. The molecule has 1 aromatic carbocycles. The highest BCUT2D eigenvalue weighted by atomic mass is 19.1. The average molecular weight is 193 g/mol. The SMILES string of the molecule is CC(C#N)Oc1ccc(C=O)cc1F. The summed E-state index contributed by atoms with van der Waals surface area (Å²) < 4.78 is 18.1. The molecule has 0 saturated carbocycles. The van der Waals surface area contributed by atoms with Gasteiger partial charge in [-0.25, -0.2) is 4.39 Å². The lowest BCUT2D eigenvalue weighted by Crippen LogP contribution is -2.09. The summed E-state index contributed by atoms with van der Waals surface area (Å²) in [5.74, 6) is -0.665. The van der Waals surface area contributed by atoms with E-state index in [9.17, 15) is 9.18 Å². The predicted molar refractivity (Wildman–Crippen MR) is 47.5 cm³/mol. The fourth-order valence-electron chi connectivity index (χ4n) is 0.903. The number of benzene rings is 1. The van der Waals surface area contributed by atoms with Gasteiger partial charge in [0.25, 0.3) is 0 Å². The van der Waals surface area contributed by atoms with Crippen molar-refractivity contribution in [2.75, 3.05) is 0 Å². The zero-order valence-corrected chi connectivity index (χ0v) is 7.53. The Hall–Kier alpha value is -1.89. The van der Waals surface area contributed by atoms with Crippen molar-refractivity contribution in [1.82, 2.24) is 0 Å². The number of nitriles is 1. The number of carbonyl (C=O) groups is 1. The van der Waals surface area contributed by atoms with Crippen LogP contribution in [0.4, 0.5) is 4.39 Å². The molecule has 0 radical (unpaired) electrons. The second-order valence-corrected chi connectivity index (χ2v) is 2.70. The summed E-state index contributed by atoms with van der Waals surface area (Å²) in [6.45, 7) is 1.51. The van der Waals surface area contributed by atoms with E-state index in [-0.39, 0.29) is 11.3 Å². The number of nitrogens with zero attached hydrogens (tertiary/aromatic N) is 1. The molecule has 0 saturated heterocycles. The zero-order valence-electron chi connectivity index (χ0n) is 7.53. The van der Waals surface area contributed by atoms with Crippen LogP contribution in [0.15, 0.2) is 18.2 Å². The third kappa shape index (κ3) is 2.30. The van der Waals surface area contributed by atoms with Gasteiger partial charge in [0, 0.05) is 5.56 Å². The van der Waals surface area contributed by atoms with Crippen LogP contribution in [0.25, 0.3) is 0 Å². The first kappa shape index (κ1) is 10.2. The number of ether oxygens (including phenoxy) is 1. The zero-order chi connectivity index (χ0) is 10.6. The van der Waals surface area contributed by atoms with Crippen molar-refractivity contribution < 1.29 is 13.9 Å². The fraction of sp³-hybridized carbons (Fsp3) is 0.200. The Bertz CT molecular complexity index is 384. The van der Waals surface area contributed by atoms with E-state index in [1.807, 2.05) is 6.07 Å². The smallest absolute Gasteiger partial charge is 0.181 e. The van der Waals surface area contributed by atoms with Crippen LogP contribution in [0.1, 0.15) is 17.3 Å². The summed E-state index contributed by atoms with van der Waals surface area (Å²) in [5.41, 5.74) is 0.236. The maximum Gasteiger partial charge on any atom is 0.181 e. The van der Waals surface area contributed by atoms with Gasteiger partial charge in [0.15, 0.2) is 17.7 Å². The molecule has 14 heavy (non-hydrogen) atoms. The van der Waals surface area contributed by atoms with Gasteiger partial charge in [0.2, 0.25) is 0 Å². The second-order valence-electron chi connectivity index (χ2n) is 2.70. The first-order valence-corrected chi connectivity index (χ1v) is 3.98. The van der Waals surface area contributed by atoms with Crippen LogP contribution in [0, 0.1) is 17.1 Å². The van der Waals surface area contributed by atoms with Gasteiger partial charge in [-0.3, -0.25) is 4.79 Å². The Kier molecular flexibility index (Phi) is 3.19. The quantitative estimate of drug-likeness (QED) is 0.689. The molecule has 1 unspecified atom stereocenters. The Balaban J connectivity index is 2.90. The Labute approximate surface area is 80.7 Å². The van der Waals surface area contributed by atoms with E-state index in [0.717, 1.165) is 6.07 Å². The van der Waals surface area contributed by atoms with Gasteiger partial charge in [0.1, 0.15) is 12.4 Å². The van der Waals surface area contributed by atoms with Crippen molar-refractivity contribution in [1.29, 1.82) is 5.26 Å². The molecule has 0 aliphatic heterocycles. The van der Waals surface area contributed by atoms with Crippen molar-refractivity contribution in [2.24, 2.45) is 0 Å². The number of hydrogen-bond acceptors (Lipinski definition) is 3. The summed E-state index contributed by atoms with van der Waals surface area (Å²) in [7, 11) is 0. The van der Waals surface area contributed by atoms with Crippen molar-refractivity contribution in [3.8, 4) is 11.8 Å². The maximum absolute atomic E-state index is 13.1. The predicted octanol–water partition coefficient (Wildman–Crippen LogP) is 1.93. The first-order valence-electron chi connectivity index (χ1n) is 3.98. The van der Waals surface area contributed by atoms with Crippen molar-refractivity contribution in [3.63, 3.8) is 0 Å². The lowest BCUT2D eigenvalue weighted by molar-refractivity contribution is 0.112. The molecule has 1 atom stereocenters. The van der Waals surface area contributed by atoms with Gasteiger partial charge >= 0.3 is 0 Å². The van der Waals surface area contributed by atoms with Crippen LogP contribution in [0.3, 0.4) is 0 Å². The minimum atomic E-state index is -0.716. The molecule has 72 valence electrons. The van der Waals surface area contributed by atoms with Gasteiger partial charge in [-0.05, 0) is 25.1 Å². The molecule has 0 aliphatic carbocycles. The van der Waals surface area contributed by atoms with E-state index < -0.39 is 11.9 Å². The minimum absolute atomic E-state index is 0.0235. The Morgan fingerprint density at radius 1 is 1.64 bits per heavy atom. The molecule has 3 nitrogen and oxygen atoms in total. The van der Waals surface area contributed by atoms with E-state index in [1.165, 1.54) is 19.1 Å². The Morgan fingerprint density at radius 2 is 2.36 bits per heavy atom. The Morgan fingerprint density at radius 3 is 2.86 bits per heavy atom. The first-order chi connectivity index (χ1) is 6.67. The van der Waals surface area contributed by atoms with E-state index >= 15 is 0 Å². The number of carbonyl (C=O) groups excluding carboxylic acids is 1. The lowest BCUT2D eigenvalue weighted by atomic mass is 10.2. The van der Waals surface area contributed by atoms with Gasteiger partial charge in [-0.1, -0.05) is 0 Å². The highest BCUT2D eigenvalue weighted by Crippen LogP contribution is 2.18.